The van der Waals surface area contributed by atoms with Crippen LogP contribution in [0.2, 0.25) is 0 Å². The molecule has 1 aromatic heterocycles. The number of nitrogens with zero attached hydrogens (tertiary/aromatic N) is 2. The van der Waals surface area contributed by atoms with Gasteiger partial charge in [-0.25, -0.2) is 4.98 Å². The van der Waals surface area contributed by atoms with Gasteiger partial charge in [-0.2, -0.15) is 0 Å². The Morgan fingerprint density at radius 3 is 3.15 bits per heavy atom. The average Bonchev–Trinajstić information content (AvgIpc) is 2.62. The molecule has 1 aliphatic rings. The van der Waals surface area contributed by atoms with Crippen LogP contribution in [0.5, 0.6) is 0 Å². The SMILES string of the molecule is Cc1nc(CN2CC[C@@H](N)C2)cs1. The van der Waals surface area contributed by atoms with Gasteiger partial charge in [0.1, 0.15) is 0 Å². The van der Waals surface area contributed by atoms with Crippen LogP contribution in [0.3, 0.4) is 0 Å². The van der Waals surface area contributed by atoms with Gasteiger partial charge in [0.25, 0.3) is 0 Å². The first-order valence-corrected chi connectivity index (χ1v) is 5.51. The topological polar surface area (TPSA) is 42.2 Å². The lowest BCUT2D eigenvalue weighted by atomic mass is 10.3. The van der Waals surface area contributed by atoms with Gasteiger partial charge in [0.15, 0.2) is 0 Å². The molecule has 0 saturated carbocycles. The van der Waals surface area contributed by atoms with Crippen molar-refractivity contribution in [3.05, 3.63) is 16.1 Å². The maximum Gasteiger partial charge on any atom is 0.0897 e. The Labute approximate surface area is 82.6 Å². The second-order valence-electron chi connectivity index (χ2n) is 3.64. The van der Waals surface area contributed by atoms with Gasteiger partial charge in [0, 0.05) is 31.1 Å². The van der Waals surface area contributed by atoms with E-state index in [1.165, 1.54) is 5.69 Å². The second kappa shape index (κ2) is 3.74. The molecule has 2 heterocycles. The maximum atomic E-state index is 5.82. The molecule has 0 spiro atoms. The van der Waals surface area contributed by atoms with Crippen LogP contribution in [-0.4, -0.2) is 29.0 Å². The molecule has 13 heavy (non-hydrogen) atoms. The zero-order valence-corrected chi connectivity index (χ0v) is 8.68. The van der Waals surface area contributed by atoms with Crippen molar-refractivity contribution in [2.24, 2.45) is 5.73 Å². The Bertz CT molecular complexity index is 284. The van der Waals surface area contributed by atoms with Gasteiger partial charge in [-0.15, -0.1) is 11.3 Å². The highest BCUT2D eigenvalue weighted by Gasteiger charge is 2.19. The smallest absolute Gasteiger partial charge is 0.0897 e. The van der Waals surface area contributed by atoms with Crippen molar-refractivity contribution in [3.8, 4) is 0 Å². The number of nitrogens with two attached hydrogens (primary N) is 1. The second-order valence-corrected chi connectivity index (χ2v) is 4.70. The molecule has 1 saturated heterocycles. The van der Waals surface area contributed by atoms with E-state index < -0.39 is 0 Å². The number of hydrogen-bond donors (Lipinski definition) is 1. The van der Waals surface area contributed by atoms with Gasteiger partial charge in [-0.1, -0.05) is 0 Å². The molecule has 3 nitrogen and oxygen atoms in total. The minimum atomic E-state index is 0.375. The fourth-order valence-corrected chi connectivity index (χ4v) is 2.32. The maximum absolute atomic E-state index is 5.82. The Morgan fingerprint density at radius 2 is 2.62 bits per heavy atom. The summed E-state index contributed by atoms with van der Waals surface area (Å²) in [5.74, 6) is 0. The van der Waals surface area contributed by atoms with Gasteiger partial charge in [-0.05, 0) is 13.3 Å². The molecule has 0 amide bonds. The van der Waals surface area contributed by atoms with Crippen molar-refractivity contribution in [1.82, 2.24) is 9.88 Å². The number of rotatable bonds is 2. The third-order valence-corrected chi connectivity index (χ3v) is 3.18. The number of likely N-dealkylation sites (tertiary alicyclic amines) is 1. The number of hydrogen-bond acceptors (Lipinski definition) is 4. The van der Waals surface area contributed by atoms with E-state index in [2.05, 4.69) is 15.3 Å². The zero-order valence-electron chi connectivity index (χ0n) is 7.86. The Kier molecular flexibility index (Phi) is 2.62. The van der Waals surface area contributed by atoms with Crippen LogP contribution in [0.25, 0.3) is 0 Å². The van der Waals surface area contributed by atoms with Crippen molar-refractivity contribution < 1.29 is 0 Å². The summed E-state index contributed by atoms with van der Waals surface area (Å²) < 4.78 is 0. The highest BCUT2D eigenvalue weighted by Crippen LogP contribution is 2.14. The Hall–Kier alpha value is -0.450. The molecule has 1 aliphatic heterocycles. The van der Waals surface area contributed by atoms with Gasteiger partial charge in [0.05, 0.1) is 10.7 Å². The lowest BCUT2D eigenvalue weighted by Crippen LogP contribution is -2.26. The van der Waals surface area contributed by atoms with E-state index in [1.807, 2.05) is 6.92 Å². The monoisotopic (exact) mass is 197 g/mol. The van der Waals surface area contributed by atoms with E-state index in [1.54, 1.807) is 11.3 Å². The molecule has 2 N–H and O–H groups in total. The summed E-state index contributed by atoms with van der Waals surface area (Å²) in [7, 11) is 0. The largest absolute Gasteiger partial charge is 0.326 e. The third kappa shape index (κ3) is 2.27. The molecule has 0 aromatic carbocycles. The van der Waals surface area contributed by atoms with E-state index in [0.29, 0.717) is 6.04 Å². The highest BCUT2D eigenvalue weighted by molar-refractivity contribution is 7.09. The predicted octanol–water partition coefficient (Wildman–Crippen LogP) is 0.985. The standard InChI is InChI=1S/C9H15N3S/c1-7-11-9(6-13-7)5-12-3-2-8(10)4-12/h6,8H,2-5,10H2,1H3/t8-/m1/s1. The van der Waals surface area contributed by atoms with Crippen LogP contribution in [-0.2, 0) is 6.54 Å². The molecule has 0 aliphatic carbocycles. The van der Waals surface area contributed by atoms with Gasteiger partial charge >= 0.3 is 0 Å². The molecule has 2 rings (SSSR count). The Balaban J connectivity index is 1.91. The molecule has 0 unspecified atom stereocenters. The fraction of sp³-hybridized carbons (Fsp3) is 0.667. The minimum absolute atomic E-state index is 0.375. The summed E-state index contributed by atoms with van der Waals surface area (Å²) in [6, 6.07) is 0.375. The van der Waals surface area contributed by atoms with E-state index in [4.69, 9.17) is 5.73 Å². The van der Waals surface area contributed by atoms with Crippen LogP contribution >= 0.6 is 11.3 Å². The van der Waals surface area contributed by atoms with Crippen LogP contribution in [0.1, 0.15) is 17.1 Å². The van der Waals surface area contributed by atoms with Gasteiger partial charge < -0.3 is 5.73 Å². The van der Waals surface area contributed by atoms with Crippen molar-refractivity contribution in [1.29, 1.82) is 0 Å². The average molecular weight is 197 g/mol. The quantitative estimate of drug-likeness (QED) is 0.768. The summed E-state index contributed by atoms with van der Waals surface area (Å²) >= 11 is 1.72. The summed E-state index contributed by atoms with van der Waals surface area (Å²) in [6.45, 7) is 5.16. The van der Waals surface area contributed by atoms with Crippen molar-refractivity contribution in [2.45, 2.75) is 25.9 Å². The van der Waals surface area contributed by atoms with E-state index in [9.17, 15) is 0 Å². The lowest BCUT2D eigenvalue weighted by Gasteiger charge is -2.12. The molecular weight excluding hydrogens is 182 g/mol. The molecule has 1 aromatic rings. The summed E-state index contributed by atoms with van der Waals surface area (Å²) in [4.78, 5) is 6.81. The number of aromatic nitrogens is 1. The third-order valence-electron chi connectivity index (χ3n) is 2.36. The number of thiazole rings is 1. The van der Waals surface area contributed by atoms with Crippen molar-refractivity contribution >= 4 is 11.3 Å². The Morgan fingerprint density at radius 1 is 1.77 bits per heavy atom. The van der Waals surface area contributed by atoms with Gasteiger partial charge in [0.2, 0.25) is 0 Å². The van der Waals surface area contributed by atoms with E-state index in [-0.39, 0.29) is 0 Å². The minimum Gasteiger partial charge on any atom is -0.326 e. The highest BCUT2D eigenvalue weighted by atomic mass is 32.1. The van der Waals surface area contributed by atoms with E-state index in [0.717, 1.165) is 31.1 Å². The summed E-state index contributed by atoms with van der Waals surface area (Å²) in [5, 5.41) is 3.29. The van der Waals surface area contributed by atoms with E-state index >= 15 is 0 Å². The predicted molar refractivity (Wildman–Crippen MR) is 54.7 cm³/mol. The first-order chi connectivity index (χ1) is 6.24. The van der Waals surface area contributed by atoms with Crippen LogP contribution in [0.4, 0.5) is 0 Å². The van der Waals surface area contributed by atoms with Crippen molar-refractivity contribution in [2.75, 3.05) is 13.1 Å². The summed E-state index contributed by atoms with van der Waals surface area (Å²) in [6.07, 6.45) is 1.13. The van der Waals surface area contributed by atoms with Gasteiger partial charge in [-0.3, -0.25) is 4.90 Å². The first kappa shape index (κ1) is 9.12. The molecule has 4 heteroatoms. The zero-order chi connectivity index (χ0) is 9.26. The normalized spacial score (nSPS) is 24.0. The lowest BCUT2D eigenvalue weighted by molar-refractivity contribution is 0.323. The molecule has 0 radical (unpaired) electrons. The van der Waals surface area contributed by atoms with Crippen LogP contribution in [0, 0.1) is 6.92 Å². The number of aryl methyl sites for hydroxylation is 1. The summed E-state index contributed by atoms with van der Waals surface area (Å²) in [5.41, 5.74) is 7.02. The molecule has 1 atom stereocenters. The molecule has 0 bridgehead atoms. The first-order valence-electron chi connectivity index (χ1n) is 4.63. The molecule has 1 fully saturated rings. The van der Waals surface area contributed by atoms with Crippen LogP contribution < -0.4 is 5.73 Å². The van der Waals surface area contributed by atoms with Crippen molar-refractivity contribution in [3.63, 3.8) is 0 Å². The molecular formula is C9H15N3S. The fourth-order valence-electron chi connectivity index (χ4n) is 1.72. The molecule has 72 valence electrons. The van der Waals surface area contributed by atoms with Crippen LogP contribution in [0.15, 0.2) is 5.38 Å².